The van der Waals surface area contributed by atoms with Gasteiger partial charge >= 0.3 is 11.9 Å². The van der Waals surface area contributed by atoms with Crippen molar-refractivity contribution in [1.29, 1.82) is 0 Å². The molecule has 0 aromatic heterocycles. The van der Waals surface area contributed by atoms with E-state index in [1.165, 1.54) is 18.2 Å². The Morgan fingerprint density at radius 2 is 1.85 bits per heavy atom. The predicted molar refractivity (Wildman–Crippen MR) is 96.3 cm³/mol. The van der Waals surface area contributed by atoms with E-state index >= 15 is 0 Å². The number of nitrogens with one attached hydrogen (secondary N) is 1. The van der Waals surface area contributed by atoms with E-state index in [9.17, 15) is 24.3 Å². The summed E-state index contributed by atoms with van der Waals surface area (Å²) in [6, 6.07) is 3.13. The average molecular weight is 380 g/mol. The van der Waals surface area contributed by atoms with Gasteiger partial charge in [0.1, 0.15) is 23.9 Å². The predicted octanol–water partition coefficient (Wildman–Crippen LogP) is 1.47. The zero-order chi connectivity index (χ0) is 20.7. The number of ether oxygens (including phenoxy) is 1. The first kappa shape index (κ1) is 21.9. The normalized spacial score (nSPS) is 11.6. The number of carbonyl (C=O) groups excluding carboxylic acids is 3. The largest absolute Gasteiger partial charge is 0.507 e. The van der Waals surface area contributed by atoms with E-state index in [4.69, 9.17) is 9.84 Å². The Kier molecular flexibility index (Phi) is 7.77. The number of phenols is 1. The minimum atomic E-state index is -1.31. The summed E-state index contributed by atoms with van der Waals surface area (Å²) in [5, 5.41) is 21.7. The zero-order valence-corrected chi connectivity index (χ0v) is 15.7. The average Bonchev–Trinajstić information content (AvgIpc) is 2.57. The topological polar surface area (TPSA) is 133 Å². The number of rotatable bonds is 8. The number of phenolic OH excluding ortho intramolecular Hbond substituents is 1. The fraction of sp³-hybridized carbons (Fsp3) is 0.444. The van der Waals surface area contributed by atoms with Gasteiger partial charge < -0.3 is 20.3 Å². The minimum Gasteiger partial charge on any atom is -0.507 e. The first-order valence-corrected chi connectivity index (χ1v) is 8.38. The molecule has 1 unspecified atom stereocenters. The van der Waals surface area contributed by atoms with Crippen LogP contribution in [0, 0.1) is 5.92 Å². The van der Waals surface area contributed by atoms with Crippen molar-refractivity contribution in [3.8, 4) is 5.75 Å². The summed E-state index contributed by atoms with van der Waals surface area (Å²) in [6.07, 6.45) is 0. The van der Waals surface area contributed by atoms with Gasteiger partial charge in [0, 0.05) is 12.6 Å². The number of hydrogen-bond donors (Lipinski definition) is 3. The lowest BCUT2D eigenvalue weighted by molar-refractivity contribution is -0.152. The van der Waals surface area contributed by atoms with Crippen LogP contribution in [-0.4, -0.2) is 58.1 Å². The number of imide groups is 1. The first-order valence-electron chi connectivity index (χ1n) is 8.38. The van der Waals surface area contributed by atoms with Crippen LogP contribution < -0.4 is 5.32 Å². The monoisotopic (exact) mass is 380 g/mol. The van der Waals surface area contributed by atoms with Gasteiger partial charge in [-0.25, -0.2) is 4.79 Å². The Labute approximate surface area is 156 Å². The van der Waals surface area contributed by atoms with Gasteiger partial charge in [-0.15, -0.1) is 0 Å². The molecule has 27 heavy (non-hydrogen) atoms. The molecule has 0 aliphatic carbocycles. The number of anilines is 1. The van der Waals surface area contributed by atoms with Crippen LogP contribution in [0.3, 0.4) is 0 Å². The second kappa shape index (κ2) is 9.56. The second-order valence-corrected chi connectivity index (χ2v) is 6.16. The number of carboxylic acid groups (broad SMARTS) is 1. The van der Waals surface area contributed by atoms with E-state index in [0.29, 0.717) is 10.6 Å². The maximum Gasteiger partial charge on any atom is 0.341 e. The minimum absolute atomic E-state index is 0.0780. The van der Waals surface area contributed by atoms with E-state index < -0.39 is 36.3 Å². The van der Waals surface area contributed by atoms with Gasteiger partial charge in [-0.3, -0.25) is 19.3 Å². The van der Waals surface area contributed by atoms with Crippen LogP contribution in [0.25, 0.3) is 0 Å². The lowest BCUT2D eigenvalue weighted by Gasteiger charge is -2.27. The standard InChI is InChI=1S/C18H24N2O7/c1-5-27-18(26)13-8-12(6-7-14(13)22)19-16(10(2)3)17(25)20(11(4)21)9-15(23)24/h6-8,10,16,19,22H,5,9H2,1-4H3,(H,23,24). The Morgan fingerprint density at radius 3 is 2.33 bits per heavy atom. The van der Waals surface area contributed by atoms with Gasteiger partial charge in [-0.2, -0.15) is 0 Å². The van der Waals surface area contributed by atoms with E-state index in [1.54, 1.807) is 20.8 Å². The Hall–Kier alpha value is -3.10. The van der Waals surface area contributed by atoms with Gasteiger partial charge in [0.25, 0.3) is 5.91 Å². The SMILES string of the molecule is CCOC(=O)c1cc(NC(C(=O)N(CC(=O)O)C(C)=O)C(C)C)ccc1O. The molecule has 9 nitrogen and oxygen atoms in total. The molecule has 3 N–H and O–H groups in total. The molecule has 0 aliphatic rings. The summed E-state index contributed by atoms with van der Waals surface area (Å²) in [6.45, 7) is 5.57. The summed E-state index contributed by atoms with van der Waals surface area (Å²) in [5.74, 6) is -3.99. The quantitative estimate of drug-likeness (QED) is 0.456. The molecule has 0 bridgehead atoms. The fourth-order valence-electron chi connectivity index (χ4n) is 2.34. The van der Waals surface area contributed by atoms with Crippen molar-refractivity contribution in [2.45, 2.75) is 33.7 Å². The van der Waals surface area contributed by atoms with Crippen molar-refractivity contribution >= 4 is 29.4 Å². The van der Waals surface area contributed by atoms with Gasteiger partial charge in [-0.05, 0) is 31.0 Å². The second-order valence-electron chi connectivity index (χ2n) is 6.16. The lowest BCUT2D eigenvalue weighted by Crippen LogP contribution is -2.49. The van der Waals surface area contributed by atoms with Crippen LogP contribution in [0.1, 0.15) is 38.1 Å². The molecule has 0 saturated heterocycles. The molecule has 9 heteroatoms. The highest BCUT2D eigenvalue weighted by Gasteiger charge is 2.31. The van der Waals surface area contributed by atoms with Crippen molar-refractivity contribution in [2.24, 2.45) is 5.92 Å². The summed E-state index contributed by atoms with van der Waals surface area (Å²) < 4.78 is 4.87. The van der Waals surface area contributed by atoms with E-state index in [2.05, 4.69) is 5.32 Å². The van der Waals surface area contributed by atoms with Crippen LogP contribution in [0.4, 0.5) is 5.69 Å². The van der Waals surface area contributed by atoms with E-state index in [0.717, 1.165) is 6.92 Å². The van der Waals surface area contributed by atoms with Crippen LogP contribution in [-0.2, 0) is 19.1 Å². The maximum atomic E-state index is 12.7. The highest BCUT2D eigenvalue weighted by atomic mass is 16.5. The first-order chi connectivity index (χ1) is 12.6. The van der Waals surface area contributed by atoms with Gasteiger partial charge in [0.05, 0.1) is 6.61 Å². The number of hydrogen-bond acceptors (Lipinski definition) is 7. The molecular formula is C18H24N2O7. The number of nitrogens with zero attached hydrogens (tertiary/aromatic N) is 1. The molecule has 0 fully saturated rings. The molecule has 1 aromatic carbocycles. The molecule has 148 valence electrons. The van der Waals surface area contributed by atoms with Crippen LogP contribution in [0.5, 0.6) is 5.75 Å². The molecule has 0 spiro atoms. The van der Waals surface area contributed by atoms with Crippen molar-refractivity contribution in [3.05, 3.63) is 23.8 Å². The molecule has 0 heterocycles. The number of aliphatic carboxylic acids is 1. The highest BCUT2D eigenvalue weighted by molar-refractivity contribution is 6.00. The van der Waals surface area contributed by atoms with Crippen molar-refractivity contribution < 1.29 is 34.1 Å². The number of amides is 2. The third kappa shape index (κ3) is 5.98. The molecular weight excluding hydrogens is 356 g/mol. The van der Waals surface area contributed by atoms with Gasteiger partial charge in [-0.1, -0.05) is 13.8 Å². The summed E-state index contributed by atoms with van der Waals surface area (Å²) in [7, 11) is 0. The van der Waals surface area contributed by atoms with Crippen LogP contribution in [0.15, 0.2) is 18.2 Å². The number of aromatic hydroxyl groups is 1. The molecule has 0 saturated carbocycles. The van der Waals surface area contributed by atoms with Gasteiger partial charge in [0.15, 0.2) is 0 Å². The zero-order valence-electron chi connectivity index (χ0n) is 15.7. The highest BCUT2D eigenvalue weighted by Crippen LogP contribution is 2.24. The Bertz CT molecular complexity index is 730. The maximum absolute atomic E-state index is 12.7. The molecule has 1 aromatic rings. The Morgan fingerprint density at radius 1 is 1.22 bits per heavy atom. The molecule has 1 atom stereocenters. The summed E-state index contributed by atoms with van der Waals surface area (Å²) in [5.41, 5.74) is 0.257. The van der Waals surface area contributed by atoms with Crippen LogP contribution >= 0.6 is 0 Å². The number of benzene rings is 1. The van der Waals surface area contributed by atoms with Gasteiger partial charge in [0.2, 0.25) is 5.91 Å². The third-order valence-corrected chi connectivity index (χ3v) is 3.69. The van der Waals surface area contributed by atoms with E-state index in [-0.39, 0.29) is 23.8 Å². The summed E-state index contributed by atoms with van der Waals surface area (Å²) >= 11 is 0. The van der Waals surface area contributed by atoms with Crippen molar-refractivity contribution in [3.63, 3.8) is 0 Å². The molecule has 1 rings (SSSR count). The van der Waals surface area contributed by atoms with E-state index in [1.807, 2.05) is 0 Å². The Balaban J connectivity index is 3.15. The fourth-order valence-corrected chi connectivity index (χ4v) is 2.34. The number of carboxylic acids is 1. The van der Waals surface area contributed by atoms with Crippen molar-refractivity contribution in [1.82, 2.24) is 4.90 Å². The van der Waals surface area contributed by atoms with Crippen molar-refractivity contribution in [2.75, 3.05) is 18.5 Å². The smallest absolute Gasteiger partial charge is 0.341 e. The lowest BCUT2D eigenvalue weighted by atomic mass is 10.0. The molecule has 0 aliphatic heterocycles. The molecule has 0 radical (unpaired) electrons. The molecule has 2 amide bonds. The summed E-state index contributed by atoms with van der Waals surface area (Å²) in [4.78, 5) is 47.9. The number of esters is 1. The van der Waals surface area contributed by atoms with Crippen LogP contribution in [0.2, 0.25) is 0 Å². The third-order valence-electron chi connectivity index (χ3n) is 3.69. The number of carbonyl (C=O) groups is 4.